The molecule has 1 aliphatic rings. The van der Waals surface area contributed by atoms with Crippen molar-refractivity contribution in [2.24, 2.45) is 0 Å². The molecule has 0 radical (unpaired) electrons. The molecule has 6 heteroatoms. The number of aromatic nitrogens is 1. The van der Waals surface area contributed by atoms with Gasteiger partial charge in [-0.1, -0.05) is 0 Å². The van der Waals surface area contributed by atoms with Crippen LogP contribution in [0.4, 0.5) is 0 Å². The zero-order valence-corrected chi connectivity index (χ0v) is 11.3. The molecule has 1 N–H and O–H groups in total. The lowest BCUT2D eigenvalue weighted by Crippen LogP contribution is -2.46. The monoisotopic (exact) mass is 280 g/mol. The molecule has 19 heavy (non-hydrogen) atoms. The summed E-state index contributed by atoms with van der Waals surface area (Å²) < 4.78 is 10.7. The van der Waals surface area contributed by atoms with Crippen LogP contribution in [-0.4, -0.2) is 47.4 Å². The summed E-state index contributed by atoms with van der Waals surface area (Å²) in [6.07, 6.45) is 1.65. The highest BCUT2D eigenvalue weighted by atomic mass is 32.1. The zero-order chi connectivity index (χ0) is 13.1. The Hall–Kier alpha value is -1.21. The standard InChI is InChI=1S/C13H16N2O3S/c16-7-11-8-17-5-3-15(11)6-10-9-19-13(14-10)12-2-1-4-18-12/h1-2,4,9,11,16H,3,5-8H2. The predicted molar refractivity (Wildman–Crippen MR) is 71.9 cm³/mol. The average molecular weight is 280 g/mol. The normalized spacial score (nSPS) is 20.8. The van der Waals surface area contributed by atoms with Crippen molar-refractivity contribution < 1.29 is 14.3 Å². The van der Waals surface area contributed by atoms with Gasteiger partial charge in [0.2, 0.25) is 0 Å². The van der Waals surface area contributed by atoms with Crippen LogP contribution in [0.3, 0.4) is 0 Å². The maximum Gasteiger partial charge on any atom is 0.162 e. The first-order valence-electron chi connectivity index (χ1n) is 6.28. The van der Waals surface area contributed by atoms with Gasteiger partial charge >= 0.3 is 0 Å². The van der Waals surface area contributed by atoms with Crippen LogP contribution in [-0.2, 0) is 11.3 Å². The lowest BCUT2D eigenvalue weighted by molar-refractivity contribution is -0.0316. The minimum absolute atomic E-state index is 0.0718. The fourth-order valence-electron chi connectivity index (χ4n) is 2.17. The Balaban J connectivity index is 1.69. The summed E-state index contributed by atoms with van der Waals surface area (Å²) in [5, 5.41) is 12.3. The summed E-state index contributed by atoms with van der Waals surface area (Å²) in [4.78, 5) is 6.79. The highest BCUT2D eigenvalue weighted by Gasteiger charge is 2.23. The van der Waals surface area contributed by atoms with Gasteiger partial charge in [0.05, 0.1) is 37.8 Å². The lowest BCUT2D eigenvalue weighted by atomic mass is 10.2. The molecule has 0 saturated carbocycles. The highest BCUT2D eigenvalue weighted by molar-refractivity contribution is 7.13. The van der Waals surface area contributed by atoms with Crippen molar-refractivity contribution in [3.63, 3.8) is 0 Å². The topological polar surface area (TPSA) is 58.7 Å². The third kappa shape index (κ3) is 2.87. The molecule has 0 amide bonds. The van der Waals surface area contributed by atoms with E-state index in [4.69, 9.17) is 9.15 Å². The fraction of sp³-hybridized carbons (Fsp3) is 0.462. The van der Waals surface area contributed by atoms with Crippen molar-refractivity contribution in [2.75, 3.05) is 26.4 Å². The van der Waals surface area contributed by atoms with Crippen LogP contribution in [0, 0.1) is 0 Å². The maximum atomic E-state index is 9.34. The second kappa shape index (κ2) is 5.83. The molecule has 0 aromatic carbocycles. The quantitative estimate of drug-likeness (QED) is 0.921. The Kier molecular flexibility index (Phi) is 3.93. The number of morpholine rings is 1. The Bertz CT molecular complexity index is 512. The summed E-state index contributed by atoms with van der Waals surface area (Å²) in [5.74, 6) is 0.803. The number of nitrogens with zero attached hydrogens (tertiary/aromatic N) is 2. The Labute approximate surface area is 115 Å². The second-order valence-corrected chi connectivity index (χ2v) is 5.36. The van der Waals surface area contributed by atoms with E-state index in [1.54, 1.807) is 17.6 Å². The highest BCUT2D eigenvalue weighted by Crippen LogP contribution is 2.25. The summed E-state index contributed by atoms with van der Waals surface area (Å²) in [7, 11) is 0. The van der Waals surface area contributed by atoms with Gasteiger partial charge < -0.3 is 14.3 Å². The molecule has 0 spiro atoms. The van der Waals surface area contributed by atoms with E-state index in [2.05, 4.69) is 9.88 Å². The molecule has 3 rings (SSSR count). The number of hydrogen-bond acceptors (Lipinski definition) is 6. The summed E-state index contributed by atoms with van der Waals surface area (Å²) >= 11 is 1.58. The molecule has 3 heterocycles. The predicted octanol–water partition coefficient (Wildman–Crippen LogP) is 1.60. The van der Waals surface area contributed by atoms with Gasteiger partial charge in [-0.25, -0.2) is 4.98 Å². The van der Waals surface area contributed by atoms with Crippen LogP contribution in [0.1, 0.15) is 5.69 Å². The smallest absolute Gasteiger partial charge is 0.162 e. The van der Waals surface area contributed by atoms with Gasteiger partial charge in [-0.05, 0) is 12.1 Å². The van der Waals surface area contributed by atoms with Gasteiger partial charge in [-0.2, -0.15) is 0 Å². The Morgan fingerprint density at radius 1 is 1.53 bits per heavy atom. The third-order valence-electron chi connectivity index (χ3n) is 3.21. The van der Waals surface area contributed by atoms with Crippen LogP contribution in [0.15, 0.2) is 28.2 Å². The van der Waals surface area contributed by atoms with E-state index in [1.165, 1.54) is 0 Å². The van der Waals surface area contributed by atoms with Gasteiger partial charge in [-0.3, -0.25) is 4.90 Å². The van der Waals surface area contributed by atoms with Gasteiger partial charge in [-0.15, -0.1) is 11.3 Å². The molecule has 0 aliphatic carbocycles. The van der Waals surface area contributed by atoms with Crippen LogP contribution in [0.5, 0.6) is 0 Å². The first-order valence-corrected chi connectivity index (χ1v) is 7.15. The minimum atomic E-state index is 0.0718. The van der Waals surface area contributed by atoms with Crippen molar-refractivity contribution in [3.8, 4) is 10.8 Å². The van der Waals surface area contributed by atoms with Crippen LogP contribution >= 0.6 is 11.3 Å². The first-order chi connectivity index (χ1) is 9.36. The minimum Gasteiger partial charge on any atom is -0.462 e. The van der Waals surface area contributed by atoms with Crippen LogP contribution in [0.25, 0.3) is 10.8 Å². The van der Waals surface area contributed by atoms with E-state index in [-0.39, 0.29) is 12.6 Å². The maximum absolute atomic E-state index is 9.34. The molecule has 102 valence electrons. The lowest BCUT2D eigenvalue weighted by Gasteiger charge is -2.33. The van der Waals surface area contributed by atoms with Crippen molar-refractivity contribution >= 4 is 11.3 Å². The molecule has 5 nitrogen and oxygen atoms in total. The van der Waals surface area contributed by atoms with E-state index in [1.807, 2.05) is 17.5 Å². The molecular formula is C13H16N2O3S. The largest absolute Gasteiger partial charge is 0.462 e. The molecule has 2 aromatic rings. The third-order valence-corrected chi connectivity index (χ3v) is 4.11. The van der Waals surface area contributed by atoms with E-state index in [0.717, 1.165) is 29.6 Å². The SMILES string of the molecule is OCC1COCCN1Cc1csc(-c2ccco2)n1. The van der Waals surface area contributed by atoms with Crippen molar-refractivity contribution in [1.82, 2.24) is 9.88 Å². The molecule has 1 fully saturated rings. The van der Waals surface area contributed by atoms with Gasteiger partial charge in [0.15, 0.2) is 10.8 Å². The van der Waals surface area contributed by atoms with Crippen molar-refractivity contribution in [2.45, 2.75) is 12.6 Å². The van der Waals surface area contributed by atoms with Crippen LogP contribution in [0.2, 0.25) is 0 Å². The van der Waals surface area contributed by atoms with E-state index >= 15 is 0 Å². The van der Waals surface area contributed by atoms with E-state index in [0.29, 0.717) is 13.2 Å². The molecule has 1 unspecified atom stereocenters. The van der Waals surface area contributed by atoms with E-state index < -0.39 is 0 Å². The van der Waals surface area contributed by atoms with Crippen LogP contribution < -0.4 is 0 Å². The number of aliphatic hydroxyl groups excluding tert-OH is 1. The summed E-state index contributed by atoms with van der Waals surface area (Å²) in [6, 6.07) is 3.84. The number of hydrogen-bond donors (Lipinski definition) is 1. The van der Waals surface area contributed by atoms with Gasteiger partial charge in [0.1, 0.15) is 0 Å². The molecule has 1 aliphatic heterocycles. The molecular weight excluding hydrogens is 264 g/mol. The van der Waals surface area contributed by atoms with Gasteiger partial charge in [0.25, 0.3) is 0 Å². The summed E-state index contributed by atoms with van der Waals surface area (Å²) in [5.41, 5.74) is 1.01. The average Bonchev–Trinajstić information content (AvgIpc) is 3.09. The molecule has 1 saturated heterocycles. The van der Waals surface area contributed by atoms with Crippen molar-refractivity contribution in [1.29, 1.82) is 0 Å². The van der Waals surface area contributed by atoms with Crippen molar-refractivity contribution in [3.05, 3.63) is 29.5 Å². The number of ether oxygens (including phenoxy) is 1. The second-order valence-electron chi connectivity index (χ2n) is 4.50. The number of aliphatic hydroxyl groups is 1. The Morgan fingerprint density at radius 3 is 3.26 bits per heavy atom. The molecule has 0 bridgehead atoms. The first kappa shape index (κ1) is 12.8. The number of rotatable bonds is 4. The molecule has 2 aromatic heterocycles. The summed E-state index contributed by atoms with van der Waals surface area (Å²) in [6.45, 7) is 3.00. The Morgan fingerprint density at radius 2 is 2.47 bits per heavy atom. The van der Waals surface area contributed by atoms with E-state index in [9.17, 15) is 5.11 Å². The number of furan rings is 1. The zero-order valence-electron chi connectivity index (χ0n) is 10.5. The molecule has 1 atom stereocenters. The number of thiazole rings is 1. The fourth-order valence-corrected chi connectivity index (χ4v) is 2.94. The van der Waals surface area contributed by atoms with Gasteiger partial charge in [0, 0.05) is 18.5 Å².